The highest BCUT2D eigenvalue weighted by Gasteiger charge is 2.24. The van der Waals surface area contributed by atoms with Crippen molar-refractivity contribution < 1.29 is 14.7 Å². The minimum atomic E-state index is -0.840. The molecule has 19 heavy (non-hydrogen) atoms. The molecule has 0 spiro atoms. The number of carbonyl (C=O) groups is 2. The fraction of sp³-hybridized carbons (Fsp3) is 0.429. The Hall–Kier alpha value is -2.04. The lowest BCUT2D eigenvalue weighted by atomic mass is 10.1. The van der Waals surface area contributed by atoms with Crippen LogP contribution in [0.3, 0.4) is 0 Å². The molecular formula is C14H18N2O3. The fourth-order valence-corrected chi connectivity index (χ4v) is 2.28. The summed E-state index contributed by atoms with van der Waals surface area (Å²) in [5.74, 6) is -0.910. The van der Waals surface area contributed by atoms with Gasteiger partial charge in [0.25, 0.3) is 0 Å². The van der Waals surface area contributed by atoms with E-state index in [1.807, 2.05) is 31.2 Å². The Morgan fingerprint density at radius 2 is 2.16 bits per heavy atom. The summed E-state index contributed by atoms with van der Waals surface area (Å²) in [7, 11) is 0. The van der Waals surface area contributed by atoms with Crippen molar-refractivity contribution in [1.82, 2.24) is 5.32 Å². The standard InChI is InChI=1S/C14H18N2O3/c1-10(8-13(17)18)9-15-14(19)16-7-6-11-4-2-3-5-12(11)16/h2-5,10H,6-9H2,1H3,(H,15,19)(H,17,18). The molecule has 5 heteroatoms. The fourth-order valence-electron chi connectivity index (χ4n) is 2.28. The number of rotatable bonds is 4. The number of hydrogen-bond donors (Lipinski definition) is 2. The number of anilines is 1. The maximum Gasteiger partial charge on any atom is 0.321 e. The van der Waals surface area contributed by atoms with Gasteiger partial charge in [-0.25, -0.2) is 4.79 Å². The average molecular weight is 262 g/mol. The minimum absolute atomic E-state index is 0.0663. The maximum absolute atomic E-state index is 12.1. The monoisotopic (exact) mass is 262 g/mol. The normalized spacial score (nSPS) is 14.9. The summed E-state index contributed by atoms with van der Waals surface area (Å²) >= 11 is 0. The number of carboxylic acid groups (broad SMARTS) is 1. The van der Waals surface area contributed by atoms with E-state index in [1.54, 1.807) is 4.90 Å². The van der Waals surface area contributed by atoms with Gasteiger partial charge < -0.3 is 10.4 Å². The van der Waals surface area contributed by atoms with Crippen LogP contribution < -0.4 is 10.2 Å². The second-order valence-corrected chi connectivity index (χ2v) is 4.92. The van der Waals surface area contributed by atoms with E-state index in [1.165, 1.54) is 5.56 Å². The molecule has 0 saturated heterocycles. The van der Waals surface area contributed by atoms with Crippen LogP contribution >= 0.6 is 0 Å². The van der Waals surface area contributed by atoms with E-state index in [-0.39, 0.29) is 18.4 Å². The van der Waals surface area contributed by atoms with Crippen molar-refractivity contribution in [2.24, 2.45) is 5.92 Å². The molecule has 2 N–H and O–H groups in total. The van der Waals surface area contributed by atoms with Crippen LogP contribution in [0.15, 0.2) is 24.3 Å². The van der Waals surface area contributed by atoms with Crippen LogP contribution in [-0.2, 0) is 11.2 Å². The first-order chi connectivity index (χ1) is 9.08. The number of carboxylic acids is 1. The molecule has 0 saturated carbocycles. The quantitative estimate of drug-likeness (QED) is 0.870. The van der Waals surface area contributed by atoms with Crippen LogP contribution in [-0.4, -0.2) is 30.2 Å². The van der Waals surface area contributed by atoms with Crippen LogP contribution in [0, 0.1) is 5.92 Å². The van der Waals surface area contributed by atoms with E-state index in [2.05, 4.69) is 5.32 Å². The van der Waals surface area contributed by atoms with Gasteiger partial charge in [0.05, 0.1) is 0 Å². The van der Waals surface area contributed by atoms with E-state index in [9.17, 15) is 9.59 Å². The van der Waals surface area contributed by atoms with Gasteiger partial charge in [-0.3, -0.25) is 9.69 Å². The summed E-state index contributed by atoms with van der Waals surface area (Å²) in [6.45, 7) is 2.87. The second kappa shape index (κ2) is 5.73. The first-order valence-corrected chi connectivity index (χ1v) is 6.43. The summed E-state index contributed by atoms with van der Waals surface area (Å²) in [4.78, 5) is 24.3. The third-order valence-electron chi connectivity index (χ3n) is 3.26. The van der Waals surface area contributed by atoms with Crippen molar-refractivity contribution in [1.29, 1.82) is 0 Å². The molecule has 1 atom stereocenters. The summed E-state index contributed by atoms with van der Waals surface area (Å²) in [5.41, 5.74) is 2.13. The van der Waals surface area contributed by atoms with Crippen molar-refractivity contribution in [2.75, 3.05) is 18.0 Å². The van der Waals surface area contributed by atoms with Gasteiger partial charge >= 0.3 is 12.0 Å². The number of amides is 2. The number of benzene rings is 1. The van der Waals surface area contributed by atoms with Gasteiger partial charge in [-0.15, -0.1) is 0 Å². The SMILES string of the molecule is CC(CNC(=O)N1CCc2ccccc21)CC(=O)O. The molecule has 102 valence electrons. The highest BCUT2D eigenvalue weighted by Crippen LogP contribution is 2.27. The highest BCUT2D eigenvalue weighted by atomic mass is 16.4. The molecule has 0 aromatic heterocycles. The van der Waals surface area contributed by atoms with E-state index in [0.717, 1.165) is 12.1 Å². The van der Waals surface area contributed by atoms with Gasteiger partial charge in [0.2, 0.25) is 0 Å². The van der Waals surface area contributed by atoms with Crippen molar-refractivity contribution in [3.05, 3.63) is 29.8 Å². The Labute approximate surface area is 112 Å². The molecule has 2 rings (SSSR count). The number of hydrogen-bond acceptors (Lipinski definition) is 2. The topological polar surface area (TPSA) is 69.6 Å². The van der Waals surface area contributed by atoms with Gasteiger partial charge in [0.15, 0.2) is 0 Å². The molecule has 1 aromatic carbocycles. The number of fused-ring (bicyclic) bond motifs is 1. The predicted molar refractivity (Wildman–Crippen MR) is 72.3 cm³/mol. The summed E-state index contributed by atoms with van der Waals surface area (Å²) in [5, 5.41) is 11.5. The third kappa shape index (κ3) is 3.24. The smallest absolute Gasteiger partial charge is 0.321 e. The number of nitrogens with one attached hydrogen (secondary N) is 1. The molecule has 1 unspecified atom stereocenters. The lowest BCUT2D eigenvalue weighted by Crippen LogP contribution is -2.41. The van der Waals surface area contributed by atoms with Crippen LogP contribution in [0.5, 0.6) is 0 Å². The Morgan fingerprint density at radius 1 is 1.42 bits per heavy atom. The Bertz CT molecular complexity index is 487. The van der Waals surface area contributed by atoms with Crippen molar-refractivity contribution in [2.45, 2.75) is 19.8 Å². The zero-order chi connectivity index (χ0) is 13.8. The van der Waals surface area contributed by atoms with E-state index in [4.69, 9.17) is 5.11 Å². The van der Waals surface area contributed by atoms with Crippen molar-refractivity contribution in [3.63, 3.8) is 0 Å². The molecule has 1 aliphatic rings. The molecule has 0 aliphatic carbocycles. The number of aliphatic carboxylic acids is 1. The van der Waals surface area contributed by atoms with Crippen LogP contribution in [0.1, 0.15) is 18.9 Å². The maximum atomic E-state index is 12.1. The molecular weight excluding hydrogens is 244 g/mol. The summed E-state index contributed by atoms with van der Waals surface area (Å²) < 4.78 is 0. The lowest BCUT2D eigenvalue weighted by Gasteiger charge is -2.19. The van der Waals surface area contributed by atoms with Gasteiger partial charge in [-0.05, 0) is 24.0 Å². The highest BCUT2D eigenvalue weighted by molar-refractivity contribution is 5.94. The first kappa shape index (κ1) is 13.4. The zero-order valence-electron chi connectivity index (χ0n) is 10.9. The molecule has 2 amide bonds. The van der Waals surface area contributed by atoms with Crippen LogP contribution in [0.2, 0.25) is 0 Å². The van der Waals surface area contributed by atoms with Crippen molar-refractivity contribution >= 4 is 17.7 Å². The van der Waals surface area contributed by atoms with E-state index < -0.39 is 5.97 Å². The molecule has 1 aliphatic heterocycles. The Kier molecular flexibility index (Phi) is 4.04. The summed E-state index contributed by atoms with van der Waals surface area (Å²) in [6, 6.07) is 7.69. The van der Waals surface area contributed by atoms with Crippen molar-refractivity contribution in [3.8, 4) is 0 Å². The number of para-hydroxylation sites is 1. The van der Waals surface area contributed by atoms with Crippen LogP contribution in [0.4, 0.5) is 10.5 Å². The van der Waals surface area contributed by atoms with Gasteiger partial charge in [0.1, 0.15) is 0 Å². The van der Waals surface area contributed by atoms with E-state index in [0.29, 0.717) is 13.1 Å². The van der Waals surface area contributed by atoms with E-state index >= 15 is 0 Å². The number of nitrogens with zero attached hydrogens (tertiary/aromatic N) is 1. The van der Waals surface area contributed by atoms with Gasteiger partial charge in [0, 0.05) is 25.2 Å². The first-order valence-electron chi connectivity index (χ1n) is 6.43. The molecule has 1 heterocycles. The largest absolute Gasteiger partial charge is 0.481 e. The third-order valence-corrected chi connectivity index (χ3v) is 3.26. The average Bonchev–Trinajstić information content (AvgIpc) is 2.79. The number of urea groups is 1. The predicted octanol–water partition coefficient (Wildman–Crippen LogP) is 1.87. The summed E-state index contributed by atoms with van der Waals surface area (Å²) in [6.07, 6.45) is 0.936. The lowest BCUT2D eigenvalue weighted by molar-refractivity contribution is -0.137. The van der Waals surface area contributed by atoms with Gasteiger partial charge in [-0.1, -0.05) is 25.1 Å². The second-order valence-electron chi connectivity index (χ2n) is 4.92. The molecule has 0 fully saturated rings. The molecule has 1 aromatic rings. The Balaban J connectivity index is 1.90. The molecule has 0 radical (unpaired) electrons. The number of carbonyl (C=O) groups excluding carboxylic acids is 1. The Morgan fingerprint density at radius 3 is 2.89 bits per heavy atom. The zero-order valence-corrected chi connectivity index (χ0v) is 10.9. The van der Waals surface area contributed by atoms with Gasteiger partial charge in [-0.2, -0.15) is 0 Å². The van der Waals surface area contributed by atoms with Crippen LogP contribution in [0.25, 0.3) is 0 Å². The molecule has 0 bridgehead atoms. The molecule has 5 nitrogen and oxygen atoms in total. The minimum Gasteiger partial charge on any atom is -0.481 e.